The first-order chi connectivity index (χ1) is 11.7. The fourth-order valence-electron chi connectivity index (χ4n) is 2.72. The second-order valence-electron chi connectivity index (χ2n) is 5.32. The quantitative estimate of drug-likeness (QED) is 0.461. The van der Waals surface area contributed by atoms with E-state index in [0.717, 1.165) is 22.3 Å². The fraction of sp³-hybridized carbons (Fsp3) is 0.0588. The number of nitro benzene ring substituents is 1. The summed E-state index contributed by atoms with van der Waals surface area (Å²) in [6.45, 7) is 0. The summed E-state index contributed by atoms with van der Waals surface area (Å²) < 4.78 is 1.98. The van der Waals surface area contributed by atoms with Gasteiger partial charge in [0.1, 0.15) is 0 Å². The van der Waals surface area contributed by atoms with Gasteiger partial charge >= 0.3 is 0 Å². The highest BCUT2D eigenvalue weighted by Crippen LogP contribution is 2.27. The Labute approximate surface area is 136 Å². The summed E-state index contributed by atoms with van der Waals surface area (Å²) in [7, 11) is 1.80. The summed E-state index contributed by atoms with van der Waals surface area (Å²) in [6.07, 6.45) is 1.92. The van der Waals surface area contributed by atoms with E-state index in [1.165, 1.54) is 12.1 Å². The van der Waals surface area contributed by atoms with Gasteiger partial charge in [-0.3, -0.25) is 14.5 Å². The van der Waals surface area contributed by atoms with Crippen LogP contribution in [0.3, 0.4) is 0 Å². The molecular formula is C17H13N5O2. The minimum Gasteiger partial charge on any atom is -0.370 e. The normalized spacial score (nSPS) is 11.0. The standard InChI is InChI=1S/C17H13N5O2/c1-18-16-17-20-14(11-6-8-12(9-7-11)22(23)24)10-21(17)15-5-3-2-4-13(15)19-16/h2-10H,1H3,(H,18,19). The Morgan fingerprint density at radius 2 is 1.83 bits per heavy atom. The Morgan fingerprint density at radius 3 is 2.54 bits per heavy atom. The van der Waals surface area contributed by atoms with Crippen molar-refractivity contribution in [2.45, 2.75) is 0 Å². The molecule has 4 aromatic rings. The zero-order valence-corrected chi connectivity index (χ0v) is 12.8. The number of fused-ring (bicyclic) bond motifs is 3. The van der Waals surface area contributed by atoms with E-state index in [1.807, 2.05) is 34.9 Å². The van der Waals surface area contributed by atoms with E-state index >= 15 is 0 Å². The Hall–Kier alpha value is -3.48. The smallest absolute Gasteiger partial charge is 0.269 e. The number of nitrogens with one attached hydrogen (secondary N) is 1. The molecule has 0 fully saturated rings. The maximum Gasteiger partial charge on any atom is 0.269 e. The van der Waals surface area contributed by atoms with Gasteiger partial charge in [-0.25, -0.2) is 9.97 Å². The summed E-state index contributed by atoms with van der Waals surface area (Å²) in [5, 5.41) is 13.9. The number of hydrogen-bond donors (Lipinski definition) is 1. The van der Waals surface area contributed by atoms with Crippen molar-refractivity contribution in [3.8, 4) is 11.3 Å². The molecule has 0 aliphatic carbocycles. The summed E-state index contributed by atoms with van der Waals surface area (Å²) in [5.74, 6) is 0.682. The maximum absolute atomic E-state index is 10.8. The average molecular weight is 319 g/mol. The van der Waals surface area contributed by atoms with Gasteiger partial charge in [-0.1, -0.05) is 12.1 Å². The molecule has 0 saturated heterocycles. The van der Waals surface area contributed by atoms with E-state index in [2.05, 4.69) is 15.3 Å². The molecule has 0 radical (unpaired) electrons. The Morgan fingerprint density at radius 1 is 1.08 bits per heavy atom. The van der Waals surface area contributed by atoms with Crippen molar-refractivity contribution in [1.29, 1.82) is 0 Å². The fourth-order valence-corrected chi connectivity index (χ4v) is 2.72. The van der Waals surface area contributed by atoms with Crippen LogP contribution in [0.2, 0.25) is 0 Å². The summed E-state index contributed by atoms with van der Waals surface area (Å²) in [6, 6.07) is 14.2. The van der Waals surface area contributed by atoms with Gasteiger partial charge in [0, 0.05) is 30.9 Å². The van der Waals surface area contributed by atoms with Crippen molar-refractivity contribution in [1.82, 2.24) is 14.4 Å². The first-order valence-corrected chi connectivity index (χ1v) is 7.38. The van der Waals surface area contributed by atoms with Crippen LogP contribution in [0.15, 0.2) is 54.7 Å². The zero-order chi connectivity index (χ0) is 16.7. The predicted octanol–water partition coefficient (Wildman–Crippen LogP) is 3.50. The van der Waals surface area contributed by atoms with Crippen LogP contribution in [-0.4, -0.2) is 26.3 Å². The molecule has 2 aromatic carbocycles. The van der Waals surface area contributed by atoms with Crippen molar-refractivity contribution in [2.75, 3.05) is 12.4 Å². The van der Waals surface area contributed by atoms with Crippen LogP contribution in [0.25, 0.3) is 27.9 Å². The van der Waals surface area contributed by atoms with E-state index < -0.39 is 4.92 Å². The molecule has 2 heterocycles. The largest absolute Gasteiger partial charge is 0.370 e. The molecule has 7 nitrogen and oxygen atoms in total. The van der Waals surface area contributed by atoms with Crippen molar-refractivity contribution >= 4 is 28.2 Å². The van der Waals surface area contributed by atoms with Gasteiger partial charge in [-0.05, 0) is 24.3 Å². The molecule has 1 N–H and O–H groups in total. The van der Waals surface area contributed by atoms with Crippen LogP contribution < -0.4 is 5.32 Å². The number of nitrogens with zero attached hydrogens (tertiary/aromatic N) is 4. The first kappa shape index (κ1) is 14.1. The zero-order valence-electron chi connectivity index (χ0n) is 12.8. The molecule has 0 bridgehead atoms. The van der Waals surface area contributed by atoms with E-state index in [9.17, 15) is 10.1 Å². The van der Waals surface area contributed by atoms with E-state index in [-0.39, 0.29) is 5.69 Å². The van der Waals surface area contributed by atoms with Gasteiger partial charge in [0.25, 0.3) is 5.69 Å². The number of anilines is 1. The Balaban J connectivity index is 1.94. The maximum atomic E-state index is 10.8. The number of nitro groups is 1. The number of benzene rings is 2. The van der Waals surface area contributed by atoms with Crippen molar-refractivity contribution < 1.29 is 4.92 Å². The van der Waals surface area contributed by atoms with Crippen molar-refractivity contribution in [3.63, 3.8) is 0 Å². The Kier molecular flexibility index (Phi) is 3.13. The van der Waals surface area contributed by atoms with E-state index in [0.29, 0.717) is 11.5 Å². The van der Waals surface area contributed by atoms with Crippen LogP contribution in [0.4, 0.5) is 11.5 Å². The number of para-hydroxylation sites is 2. The summed E-state index contributed by atoms with van der Waals surface area (Å²) >= 11 is 0. The van der Waals surface area contributed by atoms with Gasteiger partial charge < -0.3 is 5.32 Å². The molecule has 0 amide bonds. The molecule has 118 valence electrons. The monoisotopic (exact) mass is 319 g/mol. The molecular weight excluding hydrogens is 306 g/mol. The molecule has 0 aliphatic heterocycles. The molecule has 0 spiro atoms. The highest BCUT2D eigenvalue weighted by atomic mass is 16.6. The van der Waals surface area contributed by atoms with Crippen LogP contribution >= 0.6 is 0 Å². The molecule has 0 unspecified atom stereocenters. The summed E-state index contributed by atoms with van der Waals surface area (Å²) in [5.41, 5.74) is 4.14. The lowest BCUT2D eigenvalue weighted by molar-refractivity contribution is -0.384. The Bertz CT molecular complexity index is 1070. The van der Waals surface area contributed by atoms with Crippen LogP contribution in [0, 0.1) is 10.1 Å². The third-order valence-electron chi connectivity index (χ3n) is 3.90. The highest BCUT2D eigenvalue weighted by molar-refractivity contribution is 5.84. The third-order valence-corrected chi connectivity index (χ3v) is 3.90. The predicted molar refractivity (Wildman–Crippen MR) is 92.1 cm³/mol. The van der Waals surface area contributed by atoms with Gasteiger partial charge in [-0.15, -0.1) is 0 Å². The molecule has 7 heteroatoms. The molecule has 0 aliphatic rings. The van der Waals surface area contributed by atoms with E-state index in [4.69, 9.17) is 0 Å². The van der Waals surface area contributed by atoms with Crippen LogP contribution in [-0.2, 0) is 0 Å². The SMILES string of the molecule is CNc1nc2ccccc2n2cc(-c3ccc([N+](=O)[O-])cc3)nc12. The van der Waals surface area contributed by atoms with Crippen LogP contribution in [0.1, 0.15) is 0 Å². The number of imidazole rings is 1. The van der Waals surface area contributed by atoms with Gasteiger partial charge in [0.15, 0.2) is 11.5 Å². The molecule has 0 atom stereocenters. The highest BCUT2D eigenvalue weighted by Gasteiger charge is 2.13. The second kappa shape index (κ2) is 5.31. The molecule has 24 heavy (non-hydrogen) atoms. The number of non-ortho nitro benzene ring substituents is 1. The molecule has 0 saturated carbocycles. The van der Waals surface area contributed by atoms with Crippen molar-refractivity contribution in [2.24, 2.45) is 0 Å². The van der Waals surface area contributed by atoms with Crippen LogP contribution in [0.5, 0.6) is 0 Å². The average Bonchev–Trinajstić information content (AvgIpc) is 3.06. The minimum atomic E-state index is -0.413. The lowest BCUT2D eigenvalue weighted by Gasteiger charge is -2.05. The minimum absolute atomic E-state index is 0.0607. The second-order valence-corrected chi connectivity index (χ2v) is 5.32. The lowest BCUT2D eigenvalue weighted by Crippen LogP contribution is -1.98. The summed E-state index contributed by atoms with van der Waals surface area (Å²) in [4.78, 5) is 19.6. The number of hydrogen-bond acceptors (Lipinski definition) is 5. The first-order valence-electron chi connectivity index (χ1n) is 7.38. The molecule has 2 aromatic heterocycles. The topological polar surface area (TPSA) is 85.4 Å². The lowest BCUT2D eigenvalue weighted by atomic mass is 10.1. The third kappa shape index (κ3) is 2.14. The van der Waals surface area contributed by atoms with E-state index in [1.54, 1.807) is 19.2 Å². The number of aromatic nitrogens is 3. The van der Waals surface area contributed by atoms with Gasteiger partial charge in [0.2, 0.25) is 0 Å². The van der Waals surface area contributed by atoms with Gasteiger partial charge in [-0.2, -0.15) is 0 Å². The molecule has 4 rings (SSSR count). The van der Waals surface area contributed by atoms with Gasteiger partial charge in [0.05, 0.1) is 21.7 Å². The number of rotatable bonds is 3. The van der Waals surface area contributed by atoms with Crippen molar-refractivity contribution in [3.05, 3.63) is 64.8 Å².